The van der Waals surface area contributed by atoms with E-state index in [1.165, 1.54) is 44.5 Å². The van der Waals surface area contributed by atoms with Gasteiger partial charge in [-0.25, -0.2) is 0 Å². The van der Waals surface area contributed by atoms with Crippen molar-refractivity contribution >= 4 is 44.6 Å². The SMILES string of the molecule is C/C=C\C1=C(C)C(c2ccccc2)(c2ccccc2)c2cc(N(c3ccc(-c4ccccc4)cc3)c3cccc4c3oc3ccccc34)ccc21. The van der Waals surface area contributed by atoms with E-state index in [9.17, 15) is 0 Å². The van der Waals surface area contributed by atoms with Crippen LogP contribution in [0.1, 0.15) is 36.1 Å². The van der Waals surface area contributed by atoms with Gasteiger partial charge in [0, 0.05) is 22.1 Å². The van der Waals surface area contributed by atoms with E-state index in [4.69, 9.17) is 4.42 Å². The number of furan rings is 1. The Morgan fingerprint density at radius 2 is 1.14 bits per heavy atom. The molecule has 0 atom stereocenters. The molecular weight excluding hydrogens is 619 g/mol. The Morgan fingerprint density at radius 1 is 0.549 bits per heavy atom. The van der Waals surface area contributed by atoms with Crippen LogP contribution in [-0.2, 0) is 5.41 Å². The van der Waals surface area contributed by atoms with Gasteiger partial charge in [-0.1, -0.05) is 152 Å². The van der Waals surface area contributed by atoms with Crippen molar-refractivity contribution in [3.8, 4) is 11.1 Å². The topological polar surface area (TPSA) is 16.4 Å². The molecule has 1 aromatic heterocycles. The number of fused-ring (bicyclic) bond motifs is 4. The lowest BCUT2D eigenvalue weighted by Gasteiger charge is -2.35. The van der Waals surface area contributed by atoms with Crippen LogP contribution in [0.3, 0.4) is 0 Å². The number of benzene rings is 7. The van der Waals surface area contributed by atoms with E-state index in [0.29, 0.717) is 0 Å². The van der Waals surface area contributed by atoms with Crippen LogP contribution in [0.4, 0.5) is 17.1 Å². The summed E-state index contributed by atoms with van der Waals surface area (Å²) in [5.41, 5.74) is 14.4. The summed E-state index contributed by atoms with van der Waals surface area (Å²) in [4.78, 5) is 2.36. The summed E-state index contributed by atoms with van der Waals surface area (Å²) in [5, 5.41) is 2.22. The van der Waals surface area contributed by atoms with Gasteiger partial charge in [0.1, 0.15) is 5.58 Å². The molecule has 51 heavy (non-hydrogen) atoms. The van der Waals surface area contributed by atoms with Crippen LogP contribution < -0.4 is 4.90 Å². The maximum Gasteiger partial charge on any atom is 0.159 e. The highest BCUT2D eigenvalue weighted by atomic mass is 16.3. The molecule has 0 N–H and O–H groups in total. The number of hydrogen-bond donors (Lipinski definition) is 0. The van der Waals surface area contributed by atoms with Gasteiger partial charge in [-0.2, -0.15) is 0 Å². The minimum atomic E-state index is -0.475. The van der Waals surface area contributed by atoms with Crippen molar-refractivity contribution in [2.45, 2.75) is 19.3 Å². The summed E-state index contributed by atoms with van der Waals surface area (Å²) in [5.74, 6) is 0. The molecule has 0 fully saturated rings. The lowest BCUT2D eigenvalue weighted by molar-refractivity contribution is 0.669. The fourth-order valence-electron chi connectivity index (χ4n) is 8.26. The van der Waals surface area contributed by atoms with Crippen molar-refractivity contribution < 1.29 is 4.42 Å². The Bertz CT molecular complexity index is 2540. The van der Waals surface area contributed by atoms with Gasteiger partial charge in [0.25, 0.3) is 0 Å². The monoisotopic (exact) mass is 655 g/mol. The Kier molecular flexibility index (Phi) is 7.51. The third kappa shape index (κ3) is 4.87. The van der Waals surface area contributed by atoms with Crippen LogP contribution in [0.5, 0.6) is 0 Å². The van der Waals surface area contributed by atoms with Gasteiger partial charge in [-0.15, -0.1) is 0 Å². The first kappa shape index (κ1) is 30.7. The lowest BCUT2D eigenvalue weighted by Crippen LogP contribution is -2.29. The van der Waals surface area contributed by atoms with E-state index in [1.807, 2.05) is 6.07 Å². The Labute approximate surface area is 299 Å². The summed E-state index contributed by atoms with van der Waals surface area (Å²) in [7, 11) is 0. The van der Waals surface area contributed by atoms with Gasteiger partial charge < -0.3 is 9.32 Å². The molecule has 0 bridgehead atoms. The van der Waals surface area contributed by atoms with E-state index < -0.39 is 5.41 Å². The first-order valence-corrected chi connectivity index (χ1v) is 17.6. The quantitative estimate of drug-likeness (QED) is 0.170. The molecule has 1 heterocycles. The molecule has 0 unspecified atom stereocenters. The number of hydrogen-bond acceptors (Lipinski definition) is 2. The summed E-state index contributed by atoms with van der Waals surface area (Å²) in [6.45, 7) is 4.42. The van der Waals surface area contributed by atoms with Gasteiger partial charge in [-0.05, 0) is 94.8 Å². The third-order valence-corrected chi connectivity index (χ3v) is 10.5. The van der Waals surface area contributed by atoms with E-state index in [2.05, 4.69) is 201 Å². The van der Waals surface area contributed by atoms with Crippen molar-refractivity contribution in [3.05, 3.63) is 216 Å². The molecule has 8 aromatic rings. The molecule has 0 aliphatic heterocycles. The van der Waals surface area contributed by atoms with Crippen molar-refractivity contribution in [3.63, 3.8) is 0 Å². The van der Waals surface area contributed by atoms with Gasteiger partial charge in [0.05, 0.1) is 11.1 Å². The highest BCUT2D eigenvalue weighted by Crippen LogP contribution is 2.56. The summed E-state index contributed by atoms with van der Waals surface area (Å²) < 4.78 is 6.68. The lowest BCUT2D eigenvalue weighted by atomic mass is 9.67. The van der Waals surface area contributed by atoms with Gasteiger partial charge in [-0.3, -0.25) is 0 Å². The second-order valence-electron chi connectivity index (χ2n) is 13.3. The average molecular weight is 656 g/mol. The summed E-state index contributed by atoms with van der Waals surface area (Å²) in [6.07, 6.45) is 4.43. The predicted molar refractivity (Wildman–Crippen MR) is 214 cm³/mol. The molecule has 244 valence electrons. The van der Waals surface area contributed by atoms with Crippen LogP contribution >= 0.6 is 0 Å². The molecule has 1 aliphatic carbocycles. The fourth-order valence-corrected chi connectivity index (χ4v) is 8.26. The normalized spacial score (nSPS) is 13.7. The van der Waals surface area contributed by atoms with Crippen molar-refractivity contribution in [1.82, 2.24) is 0 Å². The zero-order valence-corrected chi connectivity index (χ0v) is 28.8. The number of nitrogens with zero attached hydrogens (tertiary/aromatic N) is 1. The zero-order chi connectivity index (χ0) is 34.4. The summed E-state index contributed by atoms with van der Waals surface area (Å²) >= 11 is 0. The molecule has 0 spiro atoms. The van der Waals surface area contributed by atoms with Crippen LogP contribution in [0.2, 0.25) is 0 Å². The van der Waals surface area contributed by atoms with Crippen molar-refractivity contribution in [2.75, 3.05) is 4.90 Å². The molecule has 2 heteroatoms. The second-order valence-corrected chi connectivity index (χ2v) is 13.3. The van der Waals surface area contributed by atoms with Crippen LogP contribution in [0.15, 0.2) is 198 Å². The molecule has 0 amide bonds. The smallest absolute Gasteiger partial charge is 0.159 e. The van der Waals surface area contributed by atoms with E-state index in [0.717, 1.165) is 39.0 Å². The highest BCUT2D eigenvalue weighted by Gasteiger charge is 2.45. The van der Waals surface area contributed by atoms with Crippen LogP contribution in [0, 0.1) is 0 Å². The average Bonchev–Trinajstić information content (AvgIpc) is 3.70. The number of rotatable bonds is 7. The molecule has 1 aliphatic rings. The molecule has 0 radical (unpaired) electrons. The largest absolute Gasteiger partial charge is 0.454 e. The maximum absolute atomic E-state index is 6.68. The van der Waals surface area contributed by atoms with Gasteiger partial charge >= 0.3 is 0 Å². The Balaban J connectivity index is 1.32. The standard InChI is InChI=1S/C49H37NO/c1-3-16-41-34(2)49(37-19-9-5-10-20-37,38-21-11-6-12-22-38)45-33-40(31-32-42(41)45)50(39-29-27-36(28-30-39)35-17-7-4-8-18-35)46-25-15-24-44-43-23-13-14-26-47(43)51-48(44)46/h3-33H,1-2H3/b16-3-. The third-order valence-electron chi connectivity index (χ3n) is 10.5. The van der Waals surface area contributed by atoms with Crippen LogP contribution in [0.25, 0.3) is 38.6 Å². The molecule has 0 saturated heterocycles. The number of anilines is 3. The Hall–Kier alpha value is -6.38. The number of allylic oxidation sites excluding steroid dienone is 4. The van der Waals surface area contributed by atoms with Crippen molar-refractivity contribution in [2.24, 2.45) is 0 Å². The summed E-state index contributed by atoms with van der Waals surface area (Å²) in [6, 6.07) is 63.2. The Morgan fingerprint density at radius 3 is 1.82 bits per heavy atom. The van der Waals surface area contributed by atoms with E-state index >= 15 is 0 Å². The van der Waals surface area contributed by atoms with Crippen molar-refractivity contribution in [1.29, 1.82) is 0 Å². The second kappa shape index (κ2) is 12.5. The predicted octanol–water partition coefficient (Wildman–Crippen LogP) is 13.4. The maximum atomic E-state index is 6.68. The highest BCUT2D eigenvalue weighted by molar-refractivity contribution is 6.10. The van der Waals surface area contributed by atoms with E-state index in [-0.39, 0.29) is 0 Å². The first-order valence-electron chi connectivity index (χ1n) is 17.6. The molecule has 9 rings (SSSR count). The molecule has 0 saturated carbocycles. The number of para-hydroxylation sites is 2. The minimum Gasteiger partial charge on any atom is -0.454 e. The molecular formula is C49H37NO. The molecule has 2 nitrogen and oxygen atoms in total. The van der Waals surface area contributed by atoms with Gasteiger partial charge in [0.2, 0.25) is 0 Å². The first-order chi connectivity index (χ1) is 25.2. The van der Waals surface area contributed by atoms with Crippen LogP contribution in [-0.4, -0.2) is 0 Å². The minimum absolute atomic E-state index is 0.475. The van der Waals surface area contributed by atoms with Gasteiger partial charge in [0.15, 0.2) is 5.58 Å². The van der Waals surface area contributed by atoms with E-state index in [1.54, 1.807) is 0 Å². The zero-order valence-electron chi connectivity index (χ0n) is 28.8. The fraction of sp³-hybridized carbons (Fsp3) is 0.0612. The molecule has 7 aromatic carbocycles.